The molecule has 0 radical (unpaired) electrons. The minimum Gasteiger partial charge on any atom is -0.329 e. The van der Waals surface area contributed by atoms with Gasteiger partial charge in [0.25, 0.3) is 0 Å². The Labute approximate surface area is 119 Å². The molecule has 0 bridgehead atoms. The predicted molar refractivity (Wildman–Crippen MR) is 81.3 cm³/mol. The van der Waals surface area contributed by atoms with Crippen LogP contribution in [0.25, 0.3) is 0 Å². The maximum Gasteiger partial charge on any atom is 0.0798 e. The Morgan fingerprint density at radius 1 is 1.32 bits per heavy atom. The van der Waals surface area contributed by atoms with Gasteiger partial charge in [-0.15, -0.1) is 11.3 Å². The molecule has 19 heavy (non-hydrogen) atoms. The zero-order chi connectivity index (χ0) is 13.8. The summed E-state index contributed by atoms with van der Waals surface area (Å²) in [6.45, 7) is 5.72. The third-order valence-electron chi connectivity index (χ3n) is 3.54. The zero-order valence-corrected chi connectivity index (χ0v) is 12.6. The first kappa shape index (κ1) is 14.2. The number of thiazole rings is 1. The van der Waals surface area contributed by atoms with Crippen LogP contribution in [0.1, 0.15) is 27.7 Å². The SMILES string of the molecule is Cc1ccccc1C(CN)N(C)Cc1scnc1C. The lowest BCUT2D eigenvalue weighted by Crippen LogP contribution is -2.30. The summed E-state index contributed by atoms with van der Waals surface area (Å²) < 4.78 is 0. The number of hydrogen-bond donors (Lipinski definition) is 1. The molecule has 3 nitrogen and oxygen atoms in total. The summed E-state index contributed by atoms with van der Waals surface area (Å²) in [5.74, 6) is 0. The third-order valence-corrected chi connectivity index (χ3v) is 4.46. The molecule has 1 atom stereocenters. The highest BCUT2D eigenvalue weighted by Crippen LogP contribution is 2.25. The van der Waals surface area contributed by atoms with E-state index >= 15 is 0 Å². The number of aromatic nitrogens is 1. The highest BCUT2D eigenvalue weighted by Gasteiger charge is 2.18. The van der Waals surface area contributed by atoms with Crippen LogP contribution in [0.3, 0.4) is 0 Å². The van der Waals surface area contributed by atoms with Crippen LogP contribution in [-0.4, -0.2) is 23.5 Å². The lowest BCUT2D eigenvalue weighted by molar-refractivity contribution is 0.242. The van der Waals surface area contributed by atoms with Gasteiger partial charge in [0.15, 0.2) is 0 Å². The molecule has 0 aliphatic carbocycles. The largest absolute Gasteiger partial charge is 0.329 e. The van der Waals surface area contributed by atoms with Crippen LogP contribution in [0, 0.1) is 13.8 Å². The minimum absolute atomic E-state index is 0.252. The number of nitrogens with two attached hydrogens (primary N) is 1. The van der Waals surface area contributed by atoms with Crippen LogP contribution < -0.4 is 5.73 Å². The minimum atomic E-state index is 0.252. The average molecular weight is 275 g/mol. The molecule has 102 valence electrons. The van der Waals surface area contributed by atoms with Gasteiger partial charge in [-0.3, -0.25) is 4.90 Å². The van der Waals surface area contributed by atoms with Crippen LogP contribution in [-0.2, 0) is 6.54 Å². The van der Waals surface area contributed by atoms with Gasteiger partial charge in [0.1, 0.15) is 0 Å². The number of benzene rings is 1. The van der Waals surface area contributed by atoms with Gasteiger partial charge >= 0.3 is 0 Å². The van der Waals surface area contributed by atoms with Crippen LogP contribution in [0.15, 0.2) is 29.8 Å². The van der Waals surface area contributed by atoms with Crippen LogP contribution >= 0.6 is 11.3 Å². The lowest BCUT2D eigenvalue weighted by Gasteiger charge is -2.28. The van der Waals surface area contributed by atoms with E-state index in [4.69, 9.17) is 5.73 Å². The summed E-state index contributed by atoms with van der Waals surface area (Å²) >= 11 is 1.71. The molecule has 0 saturated heterocycles. The molecule has 0 amide bonds. The van der Waals surface area contributed by atoms with Crippen molar-refractivity contribution in [1.82, 2.24) is 9.88 Å². The van der Waals surface area contributed by atoms with Crippen molar-refractivity contribution in [3.8, 4) is 0 Å². The Bertz CT molecular complexity index is 536. The number of aryl methyl sites for hydroxylation is 2. The maximum atomic E-state index is 5.99. The van der Waals surface area contributed by atoms with Crippen molar-refractivity contribution in [2.75, 3.05) is 13.6 Å². The van der Waals surface area contributed by atoms with Crippen molar-refractivity contribution in [2.45, 2.75) is 26.4 Å². The fourth-order valence-electron chi connectivity index (χ4n) is 2.32. The Morgan fingerprint density at radius 2 is 2.05 bits per heavy atom. The van der Waals surface area contributed by atoms with E-state index in [-0.39, 0.29) is 6.04 Å². The van der Waals surface area contributed by atoms with E-state index in [1.54, 1.807) is 11.3 Å². The normalized spacial score (nSPS) is 12.9. The van der Waals surface area contributed by atoms with Crippen LogP contribution in [0.5, 0.6) is 0 Å². The van der Waals surface area contributed by atoms with Gasteiger partial charge in [-0.05, 0) is 32.0 Å². The first-order chi connectivity index (χ1) is 9.13. The van der Waals surface area contributed by atoms with E-state index < -0.39 is 0 Å². The third kappa shape index (κ3) is 3.21. The molecule has 0 aliphatic heterocycles. The van der Waals surface area contributed by atoms with Crippen LogP contribution in [0.2, 0.25) is 0 Å². The van der Waals surface area contributed by atoms with Gasteiger partial charge < -0.3 is 5.73 Å². The van der Waals surface area contributed by atoms with E-state index in [1.807, 2.05) is 5.51 Å². The smallest absolute Gasteiger partial charge is 0.0798 e. The highest BCUT2D eigenvalue weighted by atomic mass is 32.1. The Kier molecular flexibility index (Phi) is 4.69. The number of nitrogens with zero attached hydrogens (tertiary/aromatic N) is 2. The summed E-state index contributed by atoms with van der Waals surface area (Å²) in [6.07, 6.45) is 0. The molecule has 1 heterocycles. The van der Waals surface area contributed by atoms with E-state index in [0.29, 0.717) is 6.54 Å². The standard InChI is InChI=1S/C15H21N3S/c1-11-6-4-5-7-13(11)14(8-16)18(3)9-15-12(2)17-10-19-15/h4-7,10,14H,8-9,16H2,1-3H3. The van der Waals surface area contributed by atoms with Crippen LogP contribution in [0.4, 0.5) is 0 Å². The molecule has 1 aromatic carbocycles. The van der Waals surface area contributed by atoms with Crippen molar-refractivity contribution in [3.05, 3.63) is 51.5 Å². The van der Waals surface area contributed by atoms with Gasteiger partial charge in [-0.25, -0.2) is 4.98 Å². The molecule has 0 saturated carbocycles. The molecular formula is C15H21N3S. The molecule has 0 fully saturated rings. The van der Waals surface area contributed by atoms with E-state index in [9.17, 15) is 0 Å². The first-order valence-corrected chi connectivity index (χ1v) is 7.36. The second-order valence-corrected chi connectivity index (χ2v) is 5.82. The monoisotopic (exact) mass is 275 g/mol. The first-order valence-electron chi connectivity index (χ1n) is 6.48. The average Bonchev–Trinajstić information content (AvgIpc) is 2.78. The Balaban J connectivity index is 2.18. The predicted octanol–water partition coefficient (Wildman–Crippen LogP) is 2.89. The van der Waals surface area contributed by atoms with Crippen molar-refractivity contribution in [2.24, 2.45) is 5.73 Å². The van der Waals surface area contributed by atoms with E-state index in [2.05, 4.69) is 55.0 Å². The Hall–Kier alpha value is -1.23. The molecule has 4 heteroatoms. The highest BCUT2D eigenvalue weighted by molar-refractivity contribution is 7.09. The van der Waals surface area contributed by atoms with Gasteiger partial charge in [-0.1, -0.05) is 24.3 Å². The molecule has 0 spiro atoms. The van der Waals surface area contributed by atoms with Gasteiger partial charge in [0.2, 0.25) is 0 Å². The van der Waals surface area contributed by atoms with E-state index in [0.717, 1.165) is 12.2 Å². The second kappa shape index (κ2) is 6.28. The summed E-state index contributed by atoms with van der Waals surface area (Å²) in [5.41, 5.74) is 11.6. The summed E-state index contributed by atoms with van der Waals surface area (Å²) in [6, 6.07) is 8.71. The second-order valence-electron chi connectivity index (χ2n) is 4.88. The maximum absolute atomic E-state index is 5.99. The van der Waals surface area contributed by atoms with Gasteiger partial charge in [0, 0.05) is 24.0 Å². The topological polar surface area (TPSA) is 42.1 Å². The van der Waals surface area contributed by atoms with Crippen molar-refractivity contribution < 1.29 is 0 Å². The molecule has 2 N–H and O–H groups in total. The fourth-order valence-corrected chi connectivity index (χ4v) is 3.16. The molecule has 1 unspecified atom stereocenters. The molecule has 2 aromatic rings. The molecular weight excluding hydrogens is 254 g/mol. The number of hydrogen-bond acceptors (Lipinski definition) is 4. The summed E-state index contributed by atoms with van der Waals surface area (Å²) in [7, 11) is 2.13. The van der Waals surface area contributed by atoms with E-state index in [1.165, 1.54) is 16.0 Å². The van der Waals surface area contributed by atoms with Gasteiger partial charge in [-0.2, -0.15) is 0 Å². The molecule has 2 rings (SSSR count). The summed E-state index contributed by atoms with van der Waals surface area (Å²) in [5, 5.41) is 0. The molecule has 1 aromatic heterocycles. The molecule has 0 aliphatic rings. The van der Waals surface area contributed by atoms with Crippen molar-refractivity contribution in [1.29, 1.82) is 0 Å². The Morgan fingerprint density at radius 3 is 2.63 bits per heavy atom. The summed E-state index contributed by atoms with van der Waals surface area (Å²) in [4.78, 5) is 7.93. The van der Waals surface area contributed by atoms with Crippen molar-refractivity contribution >= 4 is 11.3 Å². The fraction of sp³-hybridized carbons (Fsp3) is 0.400. The number of rotatable bonds is 5. The quantitative estimate of drug-likeness (QED) is 0.912. The van der Waals surface area contributed by atoms with Crippen molar-refractivity contribution in [3.63, 3.8) is 0 Å². The number of likely N-dealkylation sites (N-methyl/N-ethyl adjacent to an activating group) is 1. The zero-order valence-electron chi connectivity index (χ0n) is 11.8. The lowest BCUT2D eigenvalue weighted by atomic mass is 10.0. The van der Waals surface area contributed by atoms with Gasteiger partial charge in [0.05, 0.1) is 11.2 Å².